The molecule has 216 valence electrons. The summed E-state index contributed by atoms with van der Waals surface area (Å²) in [6.07, 6.45) is 7.85. The van der Waals surface area contributed by atoms with E-state index in [2.05, 4.69) is 43.3 Å². The first kappa shape index (κ1) is 32.6. The van der Waals surface area contributed by atoms with Crippen LogP contribution in [0.15, 0.2) is 58.8 Å². The molecule has 7 heteroatoms. The Bertz CT molecular complexity index is 1190. The fourth-order valence-corrected chi connectivity index (χ4v) is 5.02. The van der Waals surface area contributed by atoms with Gasteiger partial charge in [0.2, 0.25) is 5.91 Å². The second kappa shape index (κ2) is 15.8. The van der Waals surface area contributed by atoms with Crippen LogP contribution >= 0.6 is 0 Å². The van der Waals surface area contributed by atoms with Gasteiger partial charge in [0, 0.05) is 54.7 Å². The third kappa shape index (κ3) is 8.67. The van der Waals surface area contributed by atoms with Crippen molar-refractivity contribution in [3.63, 3.8) is 0 Å². The molecule has 0 aliphatic carbocycles. The number of benzene rings is 1. The van der Waals surface area contributed by atoms with Gasteiger partial charge in [0.05, 0.1) is 18.2 Å². The maximum Gasteiger partial charge on any atom is 0.225 e. The van der Waals surface area contributed by atoms with Crippen LogP contribution in [0, 0.1) is 35.5 Å². The largest absolute Gasteiger partial charge is 0.383 e. The zero-order valence-electron chi connectivity index (χ0n) is 25.4. The zero-order valence-corrected chi connectivity index (χ0v) is 25.4. The number of hydrogen-bond acceptors (Lipinski definition) is 5. The number of aliphatic imine (C=N–C) groups is 1. The first-order valence-electron chi connectivity index (χ1n) is 14.5. The number of hydrogen-bond donors (Lipinski definition) is 2. The van der Waals surface area contributed by atoms with Crippen molar-refractivity contribution in [3.8, 4) is 6.07 Å². The minimum atomic E-state index is 0.0940. The number of nitriles is 1. The van der Waals surface area contributed by atoms with Gasteiger partial charge in [-0.3, -0.25) is 9.79 Å². The Balaban J connectivity index is 2.18. The SMILES string of the molecule is C=C(/C=C(C(N)=NCc1cccc(C#N)c1C)\C(=C/C)C(C)=N)N1CCN(C(=O)C(CC)CCC(C)CC)CC1. The van der Waals surface area contributed by atoms with Gasteiger partial charge in [-0.05, 0) is 69.2 Å². The van der Waals surface area contributed by atoms with Crippen molar-refractivity contribution in [2.45, 2.75) is 73.8 Å². The molecule has 1 saturated heterocycles. The first-order chi connectivity index (χ1) is 19.1. The number of amidine groups is 1. The van der Waals surface area contributed by atoms with Crippen LogP contribution in [-0.2, 0) is 11.3 Å². The van der Waals surface area contributed by atoms with Crippen LogP contribution in [0.4, 0.5) is 0 Å². The summed E-state index contributed by atoms with van der Waals surface area (Å²) in [6, 6.07) is 7.80. The Morgan fingerprint density at radius 3 is 2.38 bits per heavy atom. The molecule has 2 atom stereocenters. The lowest BCUT2D eigenvalue weighted by molar-refractivity contribution is -0.137. The topological polar surface area (TPSA) is 110 Å². The predicted molar refractivity (Wildman–Crippen MR) is 166 cm³/mol. The van der Waals surface area contributed by atoms with Crippen molar-refractivity contribution in [2.24, 2.45) is 22.6 Å². The standard InChI is InChI=1S/C33H48N6O/c1-8-23(4)14-15-27(9-2)33(40)39-18-16-38(17-19-39)24(5)20-31(30(10-3)26(7)35)32(36)37-22-29-13-11-12-28(21-34)25(29)6/h10-13,20,23,27,35H,5,8-9,14-19,22H2,1-4,6-7H3,(H2,36,37)/b30-10-,31-20+,35-26?. The minimum absolute atomic E-state index is 0.0940. The molecule has 3 N–H and O–H groups in total. The monoisotopic (exact) mass is 544 g/mol. The van der Waals surface area contributed by atoms with Gasteiger partial charge >= 0.3 is 0 Å². The van der Waals surface area contributed by atoms with Crippen LogP contribution in [0.3, 0.4) is 0 Å². The zero-order chi connectivity index (χ0) is 29.8. The molecule has 7 nitrogen and oxygen atoms in total. The molecule has 0 bridgehead atoms. The summed E-state index contributed by atoms with van der Waals surface area (Å²) < 4.78 is 0. The normalized spacial score (nSPS) is 16.4. The molecule has 1 fully saturated rings. The van der Waals surface area contributed by atoms with Gasteiger partial charge in [-0.1, -0.05) is 52.0 Å². The summed E-state index contributed by atoms with van der Waals surface area (Å²) in [4.78, 5) is 22.0. The third-order valence-electron chi connectivity index (χ3n) is 8.10. The number of carbonyl (C=O) groups is 1. The van der Waals surface area contributed by atoms with Crippen LogP contribution in [0.1, 0.15) is 77.0 Å². The summed E-state index contributed by atoms with van der Waals surface area (Å²) in [7, 11) is 0. The summed E-state index contributed by atoms with van der Waals surface area (Å²) in [5.74, 6) is 1.34. The Labute approximate surface area is 241 Å². The van der Waals surface area contributed by atoms with Gasteiger partial charge in [0.15, 0.2) is 0 Å². The van der Waals surface area contributed by atoms with Crippen molar-refractivity contribution in [2.75, 3.05) is 26.2 Å². The van der Waals surface area contributed by atoms with Gasteiger partial charge in [-0.2, -0.15) is 5.26 Å². The number of amides is 1. The van der Waals surface area contributed by atoms with Gasteiger partial charge in [-0.25, -0.2) is 0 Å². The molecule has 1 aliphatic heterocycles. The lowest BCUT2D eigenvalue weighted by Gasteiger charge is -2.38. The van der Waals surface area contributed by atoms with Gasteiger partial charge in [0.1, 0.15) is 5.84 Å². The molecule has 2 unspecified atom stereocenters. The summed E-state index contributed by atoms with van der Waals surface area (Å²) >= 11 is 0. The van der Waals surface area contributed by atoms with E-state index in [1.165, 1.54) is 0 Å². The molecule has 1 aromatic rings. The van der Waals surface area contributed by atoms with Crippen LogP contribution in [0.2, 0.25) is 0 Å². The van der Waals surface area contributed by atoms with E-state index in [-0.39, 0.29) is 11.8 Å². The Hall–Kier alpha value is -3.66. The van der Waals surface area contributed by atoms with Crippen LogP contribution in [0.5, 0.6) is 0 Å². The van der Waals surface area contributed by atoms with E-state index in [1.54, 1.807) is 13.0 Å². The lowest BCUT2D eigenvalue weighted by Crippen LogP contribution is -2.49. The Morgan fingerprint density at radius 1 is 1.18 bits per heavy atom. The van der Waals surface area contributed by atoms with Gasteiger partial charge in [-0.15, -0.1) is 0 Å². The molecule has 2 rings (SSSR count). The molecule has 0 radical (unpaired) electrons. The van der Waals surface area contributed by atoms with Crippen molar-refractivity contribution >= 4 is 17.5 Å². The van der Waals surface area contributed by atoms with E-state index in [0.29, 0.717) is 66.9 Å². The average Bonchev–Trinajstić information content (AvgIpc) is 2.96. The second-order valence-corrected chi connectivity index (χ2v) is 10.8. The summed E-state index contributed by atoms with van der Waals surface area (Å²) in [6.45, 7) is 19.5. The lowest BCUT2D eigenvalue weighted by atomic mass is 9.92. The quantitative estimate of drug-likeness (QED) is 0.176. The number of nitrogens with zero attached hydrogens (tertiary/aromatic N) is 4. The van der Waals surface area contributed by atoms with Crippen molar-refractivity contribution in [3.05, 3.63) is 70.5 Å². The molecule has 1 heterocycles. The highest BCUT2D eigenvalue weighted by atomic mass is 16.2. The number of allylic oxidation sites excluding steroid dienone is 2. The number of carbonyl (C=O) groups excluding carboxylic acids is 1. The number of nitrogens with one attached hydrogen (secondary N) is 1. The first-order valence-corrected chi connectivity index (χ1v) is 14.5. The summed E-state index contributed by atoms with van der Waals surface area (Å²) in [5, 5.41) is 17.7. The second-order valence-electron chi connectivity index (χ2n) is 10.8. The number of rotatable bonds is 13. The van der Waals surface area contributed by atoms with E-state index in [4.69, 9.17) is 11.1 Å². The van der Waals surface area contributed by atoms with Crippen LogP contribution in [0.25, 0.3) is 0 Å². The predicted octanol–water partition coefficient (Wildman–Crippen LogP) is 6.15. The highest BCUT2D eigenvalue weighted by Crippen LogP contribution is 2.23. The molecular formula is C33H48N6O. The van der Waals surface area contributed by atoms with Crippen molar-refractivity contribution in [1.29, 1.82) is 10.7 Å². The van der Waals surface area contributed by atoms with E-state index in [9.17, 15) is 10.1 Å². The van der Waals surface area contributed by atoms with Crippen molar-refractivity contribution < 1.29 is 4.79 Å². The van der Waals surface area contributed by atoms with Crippen LogP contribution in [-0.4, -0.2) is 53.4 Å². The van der Waals surface area contributed by atoms with Gasteiger partial charge in [0.25, 0.3) is 0 Å². The van der Waals surface area contributed by atoms with E-state index >= 15 is 0 Å². The highest BCUT2D eigenvalue weighted by Gasteiger charge is 2.27. The third-order valence-corrected chi connectivity index (χ3v) is 8.10. The maximum absolute atomic E-state index is 13.2. The molecular weight excluding hydrogens is 496 g/mol. The number of nitrogens with two attached hydrogens (primary N) is 1. The molecule has 1 aromatic carbocycles. The molecule has 1 aliphatic rings. The summed E-state index contributed by atoms with van der Waals surface area (Å²) in [5.41, 5.74) is 11.5. The average molecular weight is 545 g/mol. The molecule has 0 spiro atoms. The molecule has 0 aromatic heterocycles. The maximum atomic E-state index is 13.2. The van der Waals surface area contributed by atoms with E-state index in [1.807, 2.05) is 43.0 Å². The van der Waals surface area contributed by atoms with Gasteiger partial charge < -0.3 is 20.9 Å². The fraction of sp³-hybridized carbons (Fsp3) is 0.515. The number of piperazine rings is 1. The Kier molecular flexibility index (Phi) is 12.9. The molecule has 1 amide bonds. The van der Waals surface area contributed by atoms with E-state index < -0.39 is 0 Å². The fourth-order valence-electron chi connectivity index (χ4n) is 5.02. The van der Waals surface area contributed by atoms with E-state index in [0.717, 1.165) is 42.5 Å². The smallest absolute Gasteiger partial charge is 0.225 e. The Morgan fingerprint density at radius 2 is 1.82 bits per heavy atom. The highest BCUT2D eigenvalue weighted by molar-refractivity contribution is 6.13. The molecule has 40 heavy (non-hydrogen) atoms. The minimum Gasteiger partial charge on any atom is -0.383 e. The molecule has 0 saturated carbocycles. The van der Waals surface area contributed by atoms with Crippen molar-refractivity contribution in [1.82, 2.24) is 9.80 Å². The van der Waals surface area contributed by atoms with Crippen LogP contribution < -0.4 is 5.73 Å².